The van der Waals surface area contributed by atoms with Gasteiger partial charge in [-0.05, 0) is 12.0 Å². The molecule has 8 heteroatoms. The fraction of sp³-hybridized carbons (Fsp3) is 0.417. The minimum absolute atomic E-state index is 0.0318. The van der Waals surface area contributed by atoms with E-state index in [0.717, 1.165) is 6.20 Å². The quantitative estimate of drug-likeness (QED) is 0.619. The van der Waals surface area contributed by atoms with Gasteiger partial charge < -0.3 is 0 Å². The lowest BCUT2D eigenvalue weighted by Crippen LogP contribution is -2.25. The smallest absolute Gasteiger partial charge is 0.287 e. The van der Waals surface area contributed by atoms with Crippen LogP contribution in [0.2, 0.25) is 0 Å². The molecule has 1 aliphatic heterocycles. The Balaban J connectivity index is 2.03. The normalized spacial score (nSPS) is 18.4. The van der Waals surface area contributed by atoms with Crippen molar-refractivity contribution in [3.05, 3.63) is 28.4 Å². The van der Waals surface area contributed by atoms with Gasteiger partial charge in [-0.3, -0.25) is 24.6 Å². The number of anilines is 1. The SMILES string of the molecule is CC(=O)SCC1CC(=O)N(c2ccc([N+](=O)[O-])cn2)C1. The van der Waals surface area contributed by atoms with E-state index in [0.29, 0.717) is 24.5 Å². The van der Waals surface area contributed by atoms with Gasteiger partial charge in [0.1, 0.15) is 12.0 Å². The lowest BCUT2D eigenvalue weighted by molar-refractivity contribution is -0.385. The maximum Gasteiger partial charge on any atom is 0.287 e. The van der Waals surface area contributed by atoms with Crippen molar-refractivity contribution in [3.8, 4) is 0 Å². The van der Waals surface area contributed by atoms with Gasteiger partial charge in [-0.25, -0.2) is 4.98 Å². The van der Waals surface area contributed by atoms with Crippen molar-refractivity contribution in [2.75, 3.05) is 17.2 Å². The average Bonchev–Trinajstić information content (AvgIpc) is 2.78. The number of thioether (sulfide) groups is 1. The van der Waals surface area contributed by atoms with E-state index < -0.39 is 4.92 Å². The Kier molecular flexibility index (Phi) is 4.33. The first-order chi connectivity index (χ1) is 9.47. The molecule has 1 aromatic heterocycles. The maximum atomic E-state index is 11.9. The van der Waals surface area contributed by atoms with E-state index in [1.165, 1.54) is 35.7 Å². The van der Waals surface area contributed by atoms with Crippen molar-refractivity contribution >= 4 is 34.3 Å². The number of aromatic nitrogens is 1. The van der Waals surface area contributed by atoms with Gasteiger partial charge in [0.05, 0.1) is 4.92 Å². The van der Waals surface area contributed by atoms with Gasteiger partial charge in [-0.15, -0.1) is 0 Å². The summed E-state index contributed by atoms with van der Waals surface area (Å²) < 4.78 is 0. The molecule has 1 fully saturated rings. The summed E-state index contributed by atoms with van der Waals surface area (Å²) in [5, 5.41) is 10.6. The molecule has 106 valence electrons. The van der Waals surface area contributed by atoms with Crippen LogP contribution in [0.3, 0.4) is 0 Å². The third-order valence-electron chi connectivity index (χ3n) is 2.95. The first-order valence-electron chi connectivity index (χ1n) is 6.01. The fourth-order valence-electron chi connectivity index (χ4n) is 2.00. The molecule has 0 aromatic carbocycles. The van der Waals surface area contributed by atoms with Crippen LogP contribution in [-0.2, 0) is 9.59 Å². The van der Waals surface area contributed by atoms with Crippen molar-refractivity contribution in [2.45, 2.75) is 13.3 Å². The lowest BCUT2D eigenvalue weighted by atomic mass is 10.1. The molecule has 0 aliphatic carbocycles. The van der Waals surface area contributed by atoms with Crippen LogP contribution in [0.15, 0.2) is 18.3 Å². The van der Waals surface area contributed by atoms with Gasteiger partial charge in [0.15, 0.2) is 5.12 Å². The van der Waals surface area contributed by atoms with E-state index in [-0.39, 0.29) is 22.6 Å². The minimum atomic E-state index is -0.533. The molecule has 0 radical (unpaired) electrons. The highest BCUT2D eigenvalue weighted by atomic mass is 32.2. The Bertz CT molecular complexity index is 546. The Morgan fingerprint density at radius 2 is 2.35 bits per heavy atom. The molecule has 0 N–H and O–H groups in total. The molecule has 1 saturated heterocycles. The highest BCUT2D eigenvalue weighted by Crippen LogP contribution is 2.26. The number of hydrogen-bond acceptors (Lipinski definition) is 6. The summed E-state index contributed by atoms with van der Waals surface area (Å²) >= 11 is 1.21. The summed E-state index contributed by atoms with van der Waals surface area (Å²) in [5.74, 6) is 1.05. The summed E-state index contributed by atoms with van der Waals surface area (Å²) in [6.07, 6.45) is 1.51. The van der Waals surface area contributed by atoms with Gasteiger partial charge >= 0.3 is 0 Å². The summed E-state index contributed by atoms with van der Waals surface area (Å²) in [6.45, 7) is 1.99. The molecular formula is C12H13N3O4S. The minimum Gasteiger partial charge on any atom is -0.296 e. The molecule has 1 amide bonds. The van der Waals surface area contributed by atoms with Crippen LogP contribution >= 0.6 is 11.8 Å². The molecule has 0 bridgehead atoms. The number of amides is 1. The first kappa shape index (κ1) is 14.4. The Morgan fingerprint density at radius 1 is 1.60 bits per heavy atom. The van der Waals surface area contributed by atoms with Gasteiger partial charge in [-0.2, -0.15) is 0 Å². The number of nitro groups is 1. The van der Waals surface area contributed by atoms with Crippen LogP contribution in [0.4, 0.5) is 11.5 Å². The van der Waals surface area contributed by atoms with E-state index in [2.05, 4.69) is 4.98 Å². The van der Waals surface area contributed by atoms with Crippen molar-refractivity contribution in [1.82, 2.24) is 4.98 Å². The van der Waals surface area contributed by atoms with Crippen LogP contribution < -0.4 is 4.90 Å². The monoisotopic (exact) mass is 295 g/mol. The second kappa shape index (κ2) is 6.00. The van der Waals surface area contributed by atoms with Crippen molar-refractivity contribution in [3.63, 3.8) is 0 Å². The van der Waals surface area contributed by atoms with Gasteiger partial charge in [-0.1, -0.05) is 11.8 Å². The van der Waals surface area contributed by atoms with Crippen molar-refractivity contribution in [2.24, 2.45) is 5.92 Å². The average molecular weight is 295 g/mol. The van der Waals surface area contributed by atoms with Crippen molar-refractivity contribution in [1.29, 1.82) is 0 Å². The Labute approximate surface area is 119 Å². The molecule has 0 saturated carbocycles. The summed E-state index contributed by atoms with van der Waals surface area (Å²) in [4.78, 5) is 38.3. The lowest BCUT2D eigenvalue weighted by Gasteiger charge is -2.14. The van der Waals surface area contributed by atoms with Gasteiger partial charge in [0, 0.05) is 31.7 Å². The first-order valence-corrected chi connectivity index (χ1v) is 7.00. The van der Waals surface area contributed by atoms with Gasteiger partial charge in [0.2, 0.25) is 5.91 Å². The second-order valence-corrected chi connectivity index (χ2v) is 5.71. The van der Waals surface area contributed by atoms with Crippen molar-refractivity contribution < 1.29 is 14.5 Å². The molecule has 0 spiro atoms. The zero-order chi connectivity index (χ0) is 14.7. The molecular weight excluding hydrogens is 282 g/mol. The number of pyridine rings is 1. The van der Waals surface area contributed by atoms with Gasteiger partial charge in [0.25, 0.3) is 5.69 Å². The predicted molar refractivity (Wildman–Crippen MR) is 74.5 cm³/mol. The fourth-order valence-corrected chi connectivity index (χ4v) is 2.69. The summed E-state index contributed by atoms with van der Waals surface area (Å²) in [6, 6.07) is 2.80. The van der Waals surface area contributed by atoms with Crippen LogP contribution in [0, 0.1) is 16.0 Å². The topological polar surface area (TPSA) is 93.4 Å². The number of hydrogen-bond donors (Lipinski definition) is 0. The molecule has 2 heterocycles. The molecule has 7 nitrogen and oxygen atoms in total. The van der Waals surface area contributed by atoms with Crippen LogP contribution in [-0.4, -0.2) is 33.2 Å². The van der Waals surface area contributed by atoms with Crippen LogP contribution in [0.25, 0.3) is 0 Å². The van der Waals surface area contributed by atoms with E-state index in [4.69, 9.17) is 0 Å². The Hall–Kier alpha value is -1.96. The summed E-state index contributed by atoms with van der Waals surface area (Å²) in [7, 11) is 0. The Morgan fingerprint density at radius 3 is 2.90 bits per heavy atom. The second-order valence-electron chi connectivity index (χ2n) is 4.51. The predicted octanol–water partition coefficient (Wildman–Crippen LogP) is 1.62. The van der Waals surface area contributed by atoms with E-state index >= 15 is 0 Å². The number of rotatable bonds is 4. The van der Waals surface area contributed by atoms with E-state index in [9.17, 15) is 19.7 Å². The standard InChI is InChI=1S/C12H13N3O4S/c1-8(16)20-7-9-4-12(17)14(6-9)11-3-2-10(5-13-11)15(18)19/h2-3,5,9H,4,6-7H2,1H3. The third kappa shape index (κ3) is 3.32. The zero-order valence-electron chi connectivity index (χ0n) is 10.8. The highest BCUT2D eigenvalue weighted by molar-refractivity contribution is 8.13. The number of nitrogens with zero attached hydrogens (tertiary/aromatic N) is 3. The maximum absolute atomic E-state index is 11.9. The highest BCUT2D eigenvalue weighted by Gasteiger charge is 2.31. The molecule has 20 heavy (non-hydrogen) atoms. The molecule has 1 unspecified atom stereocenters. The molecule has 2 rings (SSSR count). The number of carbonyl (C=O) groups is 2. The number of carbonyl (C=O) groups excluding carboxylic acids is 2. The molecule has 1 atom stereocenters. The van der Waals surface area contributed by atoms with Crippen LogP contribution in [0.5, 0.6) is 0 Å². The molecule has 1 aliphatic rings. The third-order valence-corrected chi connectivity index (χ3v) is 3.99. The molecule has 1 aromatic rings. The zero-order valence-corrected chi connectivity index (χ0v) is 11.6. The van der Waals surface area contributed by atoms with E-state index in [1.807, 2.05) is 0 Å². The largest absolute Gasteiger partial charge is 0.296 e. The van der Waals surface area contributed by atoms with Crippen LogP contribution in [0.1, 0.15) is 13.3 Å². The summed E-state index contributed by atoms with van der Waals surface area (Å²) in [5.41, 5.74) is -0.107. The van der Waals surface area contributed by atoms with E-state index in [1.54, 1.807) is 0 Å².